The van der Waals surface area contributed by atoms with Gasteiger partial charge < -0.3 is 10.3 Å². The van der Waals surface area contributed by atoms with Gasteiger partial charge in [0.2, 0.25) is 0 Å². The summed E-state index contributed by atoms with van der Waals surface area (Å²) in [5.41, 5.74) is 3.72. The summed E-state index contributed by atoms with van der Waals surface area (Å²) in [7, 11) is 2.11. The van der Waals surface area contributed by atoms with Gasteiger partial charge in [-0.3, -0.25) is 0 Å². The molecule has 0 bridgehead atoms. The summed E-state index contributed by atoms with van der Waals surface area (Å²) in [6.07, 6.45) is 5.99. The number of anilines is 2. The number of nitrogen functional groups attached to an aromatic ring is 1. The van der Waals surface area contributed by atoms with Crippen molar-refractivity contribution in [3.63, 3.8) is 0 Å². The van der Waals surface area contributed by atoms with Gasteiger partial charge in [0.1, 0.15) is 17.5 Å². The van der Waals surface area contributed by atoms with Gasteiger partial charge >= 0.3 is 0 Å². The molecule has 0 spiro atoms. The Balaban J connectivity index is 2.22. The van der Waals surface area contributed by atoms with Gasteiger partial charge in [-0.2, -0.15) is 0 Å². The first-order valence-electron chi connectivity index (χ1n) is 7.21. The first-order valence-corrected chi connectivity index (χ1v) is 7.21. The molecule has 0 radical (unpaired) electrons. The van der Waals surface area contributed by atoms with Gasteiger partial charge in [0, 0.05) is 25.6 Å². The van der Waals surface area contributed by atoms with E-state index in [4.69, 9.17) is 10.8 Å². The van der Waals surface area contributed by atoms with Gasteiger partial charge in [-0.1, -0.05) is 13.3 Å². The first-order chi connectivity index (χ1) is 9.15. The van der Waals surface area contributed by atoms with Gasteiger partial charge in [0.25, 0.3) is 0 Å². The van der Waals surface area contributed by atoms with Crippen LogP contribution in [-0.4, -0.2) is 23.6 Å². The molecule has 1 aliphatic rings. The Bertz CT molecular complexity index is 428. The third-order valence-electron chi connectivity index (χ3n) is 3.90. The van der Waals surface area contributed by atoms with Crippen LogP contribution in [0.1, 0.15) is 44.0 Å². The van der Waals surface area contributed by atoms with Crippen LogP contribution in [-0.2, 0) is 6.42 Å². The molecule has 0 saturated heterocycles. The molecule has 3 N–H and O–H groups in total. The largest absolute Gasteiger partial charge is 0.359 e. The van der Waals surface area contributed by atoms with Crippen molar-refractivity contribution in [2.24, 2.45) is 11.8 Å². The minimum absolute atomic E-state index is 0.744. The van der Waals surface area contributed by atoms with E-state index in [1.54, 1.807) is 0 Å². The molecule has 0 amide bonds. The normalized spacial score (nSPS) is 15.2. The zero-order valence-electron chi connectivity index (χ0n) is 12.2. The van der Waals surface area contributed by atoms with Crippen molar-refractivity contribution in [2.45, 2.75) is 46.0 Å². The molecular formula is C14H25N5. The van der Waals surface area contributed by atoms with Crippen molar-refractivity contribution < 1.29 is 0 Å². The lowest BCUT2D eigenvalue weighted by atomic mass is 9.85. The Hall–Kier alpha value is -1.36. The Labute approximate surface area is 115 Å². The average molecular weight is 263 g/mol. The molecule has 1 saturated carbocycles. The van der Waals surface area contributed by atoms with Gasteiger partial charge in [-0.25, -0.2) is 15.8 Å². The second-order valence-electron chi connectivity index (χ2n) is 5.51. The highest BCUT2D eigenvalue weighted by atomic mass is 15.3. The van der Waals surface area contributed by atoms with Gasteiger partial charge in [-0.05, 0) is 32.1 Å². The van der Waals surface area contributed by atoms with E-state index in [2.05, 4.69) is 29.3 Å². The number of rotatable bonds is 6. The van der Waals surface area contributed by atoms with Crippen molar-refractivity contribution in [2.75, 3.05) is 23.9 Å². The average Bonchev–Trinajstić information content (AvgIpc) is 2.35. The monoisotopic (exact) mass is 263 g/mol. The third-order valence-corrected chi connectivity index (χ3v) is 3.90. The molecule has 1 heterocycles. The molecule has 0 atom stereocenters. The van der Waals surface area contributed by atoms with Gasteiger partial charge in [0.05, 0.1) is 0 Å². The fourth-order valence-corrected chi connectivity index (χ4v) is 2.55. The van der Waals surface area contributed by atoms with Crippen LogP contribution in [0.5, 0.6) is 0 Å². The highest BCUT2D eigenvalue weighted by Gasteiger charge is 2.21. The lowest BCUT2D eigenvalue weighted by Gasteiger charge is -2.31. The van der Waals surface area contributed by atoms with E-state index < -0.39 is 0 Å². The Morgan fingerprint density at radius 2 is 2.11 bits per heavy atom. The number of aromatic nitrogens is 2. The van der Waals surface area contributed by atoms with Crippen LogP contribution < -0.4 is 16.2 Å². The molecule has 0 unspecified atom stereocenters. The number of nitrogens with zero attached hydrogens (tertiary/aromatic N) is 3. The molecule has 1 aliphatic carbocycles. The maximum absolute atomic E-state index is 5.56. The van der Waals surface area contributed by atoms with Crippen LogP contribution in [0.4, 0.5) is 11.6 Å². The zero-order valence-corrected chi connectivity index (χ0v) is 12.2. The lowest BCUT2D eigenvalue weighted by molar-refractivity contribution is 0.321. The fourth-order valence-electron chi connectivity index (χ4n) is 2.55. The zero-order chi connectivity index (χ0) is 13.8. The molecule has 19 heavy (non-hydrogen) atoms. The maximum atomic E-state index is 5.56. The molecule has 5 heteroatoms. The summed E-state index contributed by atoms with van der Waals surface area (Å²) in [5, 5.41) is 0. The van der Waals surface area contributed by atoms with Crippen molar-refractivity contribution in [3.8, 4) is 0 Å². The van der Waals surface area contributed by atoms with Gasteiger partial charge in [0.15, 0.2) is 0 Å². The number of aryl methyl sites for hydroxylation is 1. The van der Waals surface area contributed by atoms with Crippen LogP contribution >= 0.6 is 0 Å². The summed E-state index contributed by atoms with van der Waals surface area (Å²) in [4.78, 5) is 11.4. The number of nitrogens with two attached hydrogens (primary N) is 1. The molecule has 5 nitrogen and oxygen atoms in total. The minimum Gasteiger partial charge on any atom is -0.359 e. The molecule has 0 aliphatic heterocycles. The summed E-state index contributed by atoms with van der Waals surface area (Å²) in [6, 6.07) is 0. The van der Waals surface area contributed by atoms with Gasteiger partial charge in [-0.15, -0.1) is 0 Å². The molecule has 1 aromatic rings. The summed E-state index contributed by atoms with van der Waals surface area (Å²) < 4.78 is 0. The van der Waals surface area contributed by atoms with E-state index in [1.165, 1.54) is 19.3 Å². The minimum atomic E-state index is 0.744. The maximum Gasteiger partial charge on any atom is 0.148 e. The number of hydrogen-bond donors (Lipinski definition) is 2. The summed E-state index contributed by atoms with van der Waals surface area (Å²) in [6.45, 7) is 5.24. The van der Waals surface area contributed by atoms with E-state index in [0.29, 0.717) is 0 Å². The van der Waals surface area contributed by atoms with Crippen LogP contribution in [0.15, 0.2) is 0 Å². The number of nitrogens with one attached hydrogen (secondary N) is 1. The van der Waals surface area contributed by atoms with Crippen molar-refractivity contribution >= 4 is 11.6 Å². The molecule has 2 rings (SSSR count). The van der Waals surface area contributed by atoms with Crippen molar-refractivity contribution in [1.29, 1.82) is 0 Å². The highest BCUT2D eigenvalue weighted by molar-refractivity contribution is 5.57. The van der Waals surface area contributed by atoms with E-state index in [0.717, 1.165) is 48.3 Å². The van der Waals surface area contributed by atoms with Crippen LogP contribution in [0.3, 0.4) is 0 Å². The van der Waals surface area contributed by atoms with Crippen molar-refractivity contribution in [1.82, 2.24) is 9.97 Å². The smallest absolute Gasteiger partial charge is 0.148 e. The fraction of sp³-hybridized carbons (Fsp3) is 0.714. The highest BCUT2D eigenvalue weighted by Crippen LogP contribution is 2.30. The molecular weight excluding hydrogens is 238 g/mol. The third kappa shape index (κ3) is 3.15. The Kier molecular flexibility index (Phi) is 4.58. The second kappa shape index (κ2) is 6.19. The van der Waals surface area contributed by atoms with Crippen LogP contribution in [0.2, 0.25) is 0 Å². The lowest BCUT2D eigenvalue weighted by Crippen LogP contribution is -2.31. The summed E-state index contributed by atoms with van der Waals surface area (Å²) >= 11 is 0. The standard InChI is InChI=1S/C14H25N5/c1-4-6-12-16-13(18-15)10(2)14(17-12)19(3)9-11-7-5-8-11/h11H,4-9,15H2,1-3H3,(H,16,17,18). The topological polar surface area (TPSA) is 67.1 Å². The Morgan fingerprint density at radius 3 is 2.63 bits per heavy atom. The Morgan fingerprint density at radius 1 is 1.37 bits per heavy atom. The predicted molar refractivity (Wildman–Crippen MR) is 79.2 cm³/mol. The molecule has 0 aromatic carbocycles. The van der Waals surface area contributed by atoms with Crippen molar-refractivity contribution in [3.05, 3.63) is 11.4 Å². The van der Waals surface area contributed by atoms with E-state index in [1.807, 2.05) is 6.92 Å². The second-order valence-corrected chi connectivity index (χ2v) is 5.51. The number of hydrogen-bond acceptors (Lipinski definition) is 5. The van der Waals surface area contributed by atoms with E-state index in [9.17, 15) is 0 Å². The number of hydrazine groups is 1. The van der Waals surface area contributed by atoms with Crippen LogP contribution in [0, 0.1) is 12.8 Å². The molecule has 1 aromatic heterocycles. The van der Waals surface area contributed by atoms with E-state index >= 15 is 0 Å². The molecule has 1 fully saturated rings. The predicted octanol–water partition coefficient (Wildman–Crippen LogP) is 2.26. The SMILES string of the molecule is CCCc1nc(NN)c(C)c(N(C)CC2CCC2)n1. The quantitative estimate of drug-likeness (QED) is 0.608. The summed E-state index contributed by atoms with van der Waals surface area (Å²) in [5.74, 6) is 9.02. The first kappa shape index (κ1) is 14.1. The van der Waals surface area contributed by atoms with Crippen LogP contribution in [0.25, 0.3) is 0 Å². The molecule has 106 valence electrons. The van der Waals surface area contributed by atoms with E-state index in [-0.39, 0.29) is 0 Å².